The van der Waals surface area contributed by atoms with Gasteiger partial charge in [-0.15, -0.1) is 21.5 Å². The van der Waals surface area contributed by atoms with Gasteiger partial charge >= 0.3 is 0 Å². The van der Waals surface area contributed by atoms with Crippen LogP contribution < -0.4 is 0 Å². The molecule has 5 nitrogen and oxygen atoms in total. The predicted octanol–water partition coefficient (Wildman–Crippen LogP) is 4.25. The molecular weight excluding hydrogens is 338 g/mol. The number of rotatable bonds is 3. The lowest BCUT2D eigenvalue weighted by molar-refractivity contribution is 0.792. The third-order valence-electron chi connectivity index (χ3n) is 3.99. The summed E-state index contributed by atoms with van der Waals surface area (Å²) in [5.74, 6) is 0.849. The minimum atomic E-state index is 0.817. The van der Waals surface area contributed by atoms with E-state index in [0.29, 0.717) is 0 Å². The molecule has 0 aliphatic carbocycles. The average molecular weight is 353 g/mol. The van der Waals surface area contributed by atoms with Crippen molar-refractivity contribution in [2.45, 2.75) is 24.0 Å². The Bertz CT molecular complexity index is 1020. The lowest BCUT2D eigenvalue weighted by atomic mass is 10.2. The van der Waals surface area contributed by atoms with Gasteiger partial charge in [0.25, 0.3) is 0 Å². The first kappa shape index (κ1) is 15.3. The number of fused-ring (bicyclic) bond motifs is 1. The van der Waals surface area contributed by atoms with Crippen LogP contribution in [0.1, 0.15) is 10.4 Å². The second kappa shape index (κ2) is 5.99. The Morgan fingerprint density at radius 2 is 1.83 bits per heavy atom. The quantitative estimate of drug-likeness (QED) is 0.515. The van der Waals surface area contributed by atoms with Gasteiger partial charge in [-0.25, -0.2) is 9.97 Å². The van der Waals surface area contributed by atoms with Crippen LogP contribution in [0.4, 0.5) is 0 Å². The van der Waals surface area contributed by atoms with E-state index in [-0.39, 0.29) is 0 Å². The van der Waals surface area contributed by atoms with Crippen LogP contribution in [0.3, 0.4) is 0 Å². The highest BCUT2D eigenvalue weighted by atomic mass is 32.2. The molecule has 0 amide bonds. The highest BCUT2D eigenvalue weighted by molar-refractivity contribution is 7.99. The van der Waals surface area contributed by atoms with Gasteiger partial charge in [-0.1, -0.05) is 30.3 Å². The summed E-state index contributed by atoms with van der Waals surface area (Å²) in [5, 5.41) is 11.6. The molecule has 0 spiro atoms. The highest BCUT2D eigenvalue weighted by Gasteiger charge is 2.17. The number of hydrogen-bond acceptors (Lipinski definition) is 6. The monoisotopic (exact) mass is 353 g/mol. The lowest BCUT2D eigenvalue weighted by Crippen LogP contribution is -1.95. The first-order valence-electron chi connectivity index (χ1n) is 7.48. The Hall–Kier alpha value is -2.25. The summed E-state index contributed by atoms with van der Waals surface area (Å²) >= 11 is 3.23. The Morgan fingerprint density at radius 3 is 2.62 bits per heavy atom. The van der Waals surface area contributed by atoms with Crippen molar-refractivity contribution in [3.8, 4) is 11.4 Å². The Morgan fingerprint density at radius 1 is 1.04 bits per heavy atom. The van der Waals surface area contributed by atoms with Crippen molar-refractivity contribution in [1.29, 1.82) is 0 Å². The zero-order valence-electron chi connectivity index (χ0n) is 13.5. The number of aromatic nitrogens is 5. The molecule has 0 atom stereocenters. The maximum absolute atomic E-state index is 4.48. The van der Waals surface area contributed by atoms with Crippen LogP contribution in [-0.2, 0) is 7.05 Å². The van der Waals surface area contributed by atoms with E-state index in [1.54, 1.807) is 17.7 Å². The fourth-order valence-corrected chi connectivity index (χ4v) is 4.55. The fourth-order valence-electron chi connectivity index (χ4n) is 2.56. The molecular formula is C17H15N5S2. The fraction of sp³-hybridized carbons (Fsp3) is 0.176. The van der Waals surface area contributed by atoms with Gasteiger partial charge in [0, 0.05) is 22.9 Å². The largest absolute Gasteiger partial charge is 0.305 e. The summed E-state index contributed by atoms with van der Waals surface area (Å²) < 4.78 is 2.00. The van der Waals surface area contributed by atoms with Crippen LogP contribution >= 0.6 is 23.1 Å². The Balaban J connectivity index is 1.76. The van der Waals surface area contributed by atoms with Crippen molar-refractivity contribution in [1.82, 2.24) is 24.7 Å². The maximum Gasteiger partial charge on any atom is 0.197 e. The second-order valence-electron chi connectivity index (χ2n) is 5.48. The minimum absolute atomic E-state index is 0.817. The molecule has 120 valence electrons. The van der Waals surface area contributed by atoms with Gasteiger partial charge in [-0.2, -0.15) is 0 Å². The van der Waals surface area contributed by atoms with E-state index in [4.69, 9.17) is 0 Å². The molecule has 0 saturated heterocycles. The normalized spacial score (nSPS) is 11.3. The molecule has 0 unspecified atom stereocenters. The van der Waals surface area contributed by atoms with Gasteiger partial charge in [0.2, 0.25) is 0 Å². The van der Waals surface area contributed by atoms with Gasteiger partial charge in [0.15, 0.2) is 11.0 Å². The van der Waals surface area contributed by atoms with Gasteiger partial charge in [0.05, 0.1) is 0 Å². The van der Waals surface area contributed by atoms with Gasteiger partial charge in [-0.05, 0) is 31.2 Å². The summed E-state index contributed by atoms with van der Waals surface area (Å²) in [5.41, 5.74) is 2.29. The zero-order valence-corrected chi connectivity index (χ0v) is 15.1. The molecule has 0 saturated carbocycles. The summed E-state index contributed by atoms with van der Waals surface area (Å²) in [6.45, 7) is 4.24. The third-order valence-corrected chi connectivity index (χ3v) is 6.14. The van der Waals surface area contributed by atoms with Gasteiger partial charge in [-0.3, -0.25) is 0 Å². The van der Waals surface area contributed by atoms with Crippen LogP contribution in [0.2, 0.25) is 0 Å². The molecule has 7 heteroatoms. The number of aryl methyl sites for hydroxylation is 2. The average Bonchev–Trinajstić information content (AvgIpc) is 3.10. The van der Waals surface area contributed by atoms with Gasteiger partial charge < -0.3 is 4.57 Å². The Labute approximate surface area is 147 Å². The molecule has 24 heavy (non-hydrogen) atoms. The number of hydrogen-bond donors (Lipinski definition) is 0. The SMILES string of the molecule is Cc1sc2ncnc(Sc3nnc(-c4ccccc4)n3C)c2c1C. The van der Waals surface area contributed by atoms with Crippen molar-refractivity contribution in [3.05, 3.63) is 47.1 Å². The second-order valence-corrected chi connectivity index (χ2v) is 7.63. The molecule has 0 aliphatic heterocycles. The smallest absolute Gasteiger partial charge is 0.197 e. The van der Waals surface area contributed by atoms with Crippen molar-refractivity contribution < 1.29 is 0 Å². The van der Waals surface area contributed by atoms with Crippen molar-refractivity contribution >= 4 is 33.3 Å². The van der Waals surface area contributed by atoms with E-state index < -0.39 is 0 Å². The third kappa shape index (κ3) is 2.50. The summed E-state index contributed by atoms with van der Waals surface area (Å²) in [7, 11) is 1.98. The van der Waals surface area contributed by atoms with Crippen LogP contribution in [0.15, 0.2) is 46.8 Å². The van der Waals surface area contributed by atoms with E-state index in [1.807, 2.05) is 41.9 Å². The van der Waals surface area contributed by atoms with Crippen LogP contribution in [0.25, 0.3) is 21.6 Å². The first-order chi connectivity index (χ1) is 11.6. The zero-order chi connectivity index (χ0) is 16.7. The standard InChI is InChI=1S/C17H15N5S2/c1-10-11(2)23-15-13(10)16(19-9-18-15)24-17-21-20-14(22(17)3)12-7-5-4-6-8-12/h4-9H,1-3H3. The molecule has 0 aliphatic rings. The molecule has 4 aromatic rings. The van der Waals surface area contributed by atoms with E-state index in [9.17, 15) is 0 Å². The topological polar surface area (TPSA) is 56.5 Å². The van der Waals surface area contributed by atoms with E-state index in [2.05, 4.69) is 34.0 Å². The molecule has 0 fully saturated rings. The molecule has 0 N–H and O–H groups in total. The molecule has 3 heterocycles. The van der Waals surface area contributed by atoms with Crippen molar-refractivity contribution in [2.75, 3.05) is 0 Å². The summed E-state index contributed by atoms with van der Waals surface area (Å²) in [4.78, 5) is 11.2. The first-order valence-corrected chi connectivity index (χ1v) is 9.12. The van der Waals surface area contributed by atoms with Crippen molar-refractivity contribution in [3.63, 3.8) is 0 Å². The molecule has 3 aromatic heterocycles. The minimum Gasteiger partial charge on any atom is -0.305 e. The number of benzene rings is 1. The van der Waals surface area contributed by atoms with Crippen LogP contribution in [-0.4, -0.2) is 24.7 Å². The van der Waals surface area contributed by atoms with E-state index >= 15 is 0 Å². The van der Waals surface area contributed by atoms with E-state index in [0.717, 1.165) is 31.8 Å². The van der Waals surface area contributed by atoms with Crippen LogP contribution in [0.5, 0.6) is 0 Å². The Kier molecular flexibility index (Phi) is 3.82. The van der Waals surface area contributed by atoms with Gasteiger partial charge in [0.1, 0.15) is 16.2 Å². The van der Waals surface area contributed by atoms with E-state index in [1.165, 1.54) is 22.2 Å². The molecule has 0 bridgehead atoms. The summed E-state index contributed by atoms with van der Waals surface area (Å²) in [6.07, 6.45) is 1.62. The predicted molar refractivity (Wildman–Crippen MR) is 97.5 cm³/mol. The van der Waals surface area contributed by atoms with Crippen LogP contribution in [0, 0.1) is 13.8 Å². The number of nitrogens with zero attached hydrogens (tertiary/aromatic N) is 5. The lowest BCUT2D eigenvalue weighted by Gasteiger charge is -2.04. The molecule has 4 rings (SSSR count). The highest BCUT2D eigenvalue weighted by Crippen LogP contribution is 2.37. The van der Waals surface area contributed by atoms with Crippen molar-refractivity contribution in [2.24, 2.45) is 7.05 Å². The summed E-state index contributed by atoms with van der Waals surface area (Å²) in [6, 6.07) is 10.1. The molecule has 0 radical (unpaired) electrons. The maximum atomic E-state index is 4.48. The number of thiophene rings is 1. The molecule has 1 aromatic carbocycles.